The maximum Gasteiger partial charge on any atom is 0.335 e. The van der Waals surface area contributed by atoms with Crippen LogP contribution in [0.4, 0.5) is 0 Å². The Labute approximate surface area is 144 Å². The van der Waals surface area contributed by atoms with Crippen LogP contribution in [0.5, 0.6) is 11.6 Å². The lowest BCUT2D eigenvalue weighted by Crippen LogP contribution is -2.32. The summed E-state index contributed by atoms with van der Waals surface area (Å²) in [6.45, 7) is 1.63. The Balaban J connectivity index is 2.00. The van der Waals surface area contributed by atoms with E-state index in [0.717, 1.165) is 30.5 Å². The van der Waals surface area contributed by atoms with Gasteiger partial charge in [-0.2, -0.15) is 5.10 Å². The number of aromatic amines is 1. The average Bonchev–Trinajstić information content (AvgIpc) is 2.62. The zero-order valence-corrected chi connectivity index (χ0v) is 13.9. The number of hydrogen-bond donors (Lipinski definition) is 2. The van der Waals surface area contributed by atoms with E-state index in [9.17, 15) is 14.7 Å². The molecule has 0 atom stereocenters. The van der Waals surface area contributed by atoms with E-state index in [1.165, 1.54) is 19.7 Å². The smallest absolute Gasteiger partial charge is 0.335 e. The summed E-state index contributed by atoms with van der Waals surface area (Å²) in [7, 11) is 1.54. The zero-order chi connectivity index (χ0) is 17.8. The summed E-state index contributed by atoms with van der Waals surface area (Å²) in [5, 5.41) is 16.6. The van der Waals surface area contributed by atoms with Crippen LogP contribution in [-0.2, 0) is 0 Å². The lowest BCUT2D eigenvalue weighted by Gasteiger charge is -2.23. The summed E-state index contributed by atoms with van der Waals surface area (Å²) in [6.07, 6.45) is 4.56. The maximum absolute atomic E-state index is 12.1. The summed E-state index contributed by atoms with van der Waals surface area (Å²) in [6, 6.07) is 6.55. The van der Waals surface area contributed by atoms with Gasteiger partial charge in [0.2, 0.25) is 5.88 Å². The van der Waals surface area contributed by atoms with Gasteiger partial charge in [-0.15, -0.1) is 0 Å². The topological polar surface area (TPSA) is 99.9 Å². The van der Waals surface area contributed by atoms with Crippen LogP contribution in [0, 0.1) is 0 Å². The number of aromatic hydroxyl groups is 1. The Morgan fingerprint density at radius 1 is 1.16 bits per heavy atom. The van der Waals surface area contributed by atoms with E-state index < -0.39 is 17.1 Å². The fraction of sp³-hybridized carbons (Fsp3) is 0.353. The lowest BCUT2D eigenvalue weighted by atomic mass is 10.2. The van der Waals surface area contributed by atoms with Crippen molar-refractivity contribution in [3.63, 3.8) is 0 Å². The molecule has 1 aromatic heterocycles. The highest BCUT2D eigenvalue weighted by molar-refractivity contribution is 5.82. The van der Waals surface area contributed by atoms with Gasteiger partial charge in [0.15, 0.2) is 0 Å². The molecule has 0 amide bonds. The normalized spacial score (nSPS) is 14.8. The molecule has 0 aliphatic carbocycles. The first kappa shape index (κ1) is 16.8. The number of nitrogens with one attached hydrogen (secondary N) is 1. The van der Waals surface area contributed by atoms with Crippen molar-refractivity contribution in [3.05, 3.63) is 50.7 Å². The molecule has 132 valence electrons. The van der Waals surface area contributed by atoms with Gasteiger partial charge in [0.05, 0.1) is 19.0 Å². The molecule has 8 heteroatoms. The van der Waals surface area contributed by atoms with Crippen LogP contribution in [0.3, 0.4) is 0 Å². The third kappa shape index (κ3) is 3.57. The molecule has 2 N–H and O–H groups in total. The van der Waals surface area contributed by atoms with Crippen LogP contribution in [0.2, 0.25) is 0 Å². The minimum absolute atomic E-state index is 0.0546. The Morgan fingerprint density at radius 2 is 1.84 bits per heavy atom. The van der Waals surface area contributed by atoms with Crippen molar-refractivity contribution >= 4 is 6.21 Å². The standard InChI is InChI=1S/C17H20N4O4/c1-25-13-7-5-12(6-8-13)21-16(23)14(15(22)19-17(21)24)11-18-20-9-3-2-4-10-20/h5-8,11,23H,2-4,9-10H2,1H3,(H,19,22,24)/b18-11+. The molecule has 25 heavy (non-hydrogen) atoms. The van der Waals surface area contributed by atoms with E-state index in [-0.39, 0.29) is 5.56 Å². The first-order chi connectivity index (χ1) is 12.1. The van der Waals surface area contributed by atoms with Gasteiger partial charge in [0.1, 0.15) is 11.3 Å². The molecule has 1 fully saturated rings. The van der Waals surface area contributed by atoms with Crippen LogP contribution in [-0.4, -0.2) is 46.1 Å². The average molecular weight is 344 g/mol. The van der Waals surface area contributed by atoms with Crippen LogP contribution < -0.4 is 16.0 Å². The number of methoxy groups -OCH3 is 1. The van der Waals surface area contributed by atoms with Crippen molar-refractivity contribution < 1.29 is 9.84 Å². The molecule has 1 aromatic carbocycles. The van der Waals surface area contributed by atoms with Gasteiger partial charge in [0.25, 0.3) is 5.56 Å². The predicted molar refractivity (Wildman–Crippen MR) is 93.9 cm³/mol. The minimum atomic E-state index is -0.720. The quantitative estimate of drug-likeness (QED) is 0.808. The highest BCUT2D eigenvalue weighted by atomic mass is 16.5. The zero-order valence-electron chi connectivity index (χ0n) is 13.9. The maximum atomic E-state index is 12.1. The number of piperidine rings is 1. The van der Waals surface area contributed by atoms with Crippen molar-refractivity contribution in [2.24, 2.45) is 5.10 Å². The molecular weight excluding hydrogens is 324 g/mol. The van der Waals surface area contributed by atoms with E-state index in [1.807, 2.05) is 5.01 Å². The number of hydrogen-bond acceptors (Lipinski definition) is 6. The van der Waals surface area contributed by atoms with Gasteiger partial charge in [-0.3, -0.25) is 14.8 Å². The monoisotopic (exact) mass is 344 g/mol. The molecule has 1 aliphatic heterocycles. The Hall–Kier alpha value is -3.03. The van der Waals surface area contributed by atoms with Crippen molar-refractivity contribution in [1.29, 1.82) is 0 Å². The van der Waals surface area contributed by atoms with Gasteiger partial charge in [-0.25, -0.2) is 9.36 Å². The molecule has 1 saturated heterocycles. The fourth-order valence-electron chi connectivity index (χ4n) is 2.76. The first-order valence-electron chi connectivity index (χ1n) is 8.12. The molecule has 8 nitrogen and oxygen atoms in total. The second kappa shape index (κ2) is 7.25. The van der Waals surface area contributed by atoms with Crippen molar-refractivity contribution in [3.8, 4) is 17.3 Å². The Morgan fingerprint density at radius 3 is 2.48 bits per heavy atom. The SMILES string of the molecule is COc1ccc(-n2c(O)c(/C=N/N3CCCCC3)c(=O)[nH]c2=O)cc1. The van der Waals surface area contributed by atoms with E-state index >= 15 is 0 Å². The first-order valence-corrected chi connectivity index (χ1v) is 8.12. The number of H-pyrrole nitrogens is 1. The molecule has 3 rings (SSSR count). The third-order valence-electron chi connectivity index (χ3n) is 4.13. The molecule has 0 radical (unpaired) electrons. The van der Waals surface area contributed by atoms with Crippen LogP contribution in [0.15, 0.2) is 39.0 Å². The largest absolute Gasteiger partial charge is 0.497 e. The summed E-state index contributed by atoms with van der Waals surface area (Å²) in [4.78, 5) is 26.4. The van der Waals surface area contributed by atoms with E-state index in [0.29, 0.717) is 11.4 Å². The molecule has 2 heterocycles. The predicted octanol–water partition coefficient (Wildman–Crippen LogP) is 1.06. The fourth-order valence-corrected chi connectivity index (χ4v) is 2.76. The highest BCUT2D eigenvalue weighted by Crippen LogP contribution is 2.18. The van der Waals surface area contributed by atoms with E-state index in [4.69, 9.17) is 4.74 Å². The second-order valence-corrected chi connectivity index (χ2v) is 5.79. The summed E-state index contributed by atoms with van der Waals surface area (Å²) in [5.41, 5.74) is -1.04. The van der Waals surface area contributed by atoms with E-state index in [2.05, 4.69) is 10.1 Å². The number of benzene rings is 1. The van der Waals surface area contributed by atoms with Crippen LogP contribution >= 0.6 is 0 Å². The summed E-state index contributed by atoms with van der Waals surface area (Å²) >= 11 is 0. The molecule has 2 aromatic rings. The van der Waals surface area contributed by atoms with Crippen LogP contribution in [0.25, 0.3) is 5.69 Å². The van der Waals surface area contributed by atoms with Gasteiger partial charge >= 0.3 is 5.69 Å². The third-order valence-corrected chi connectivity index (χ3v) is 4.13. The number of aromatic nitrogens is 2. The summed E-state index contributed by atoms with van der Waals surface area (Å²) in [5.74, 6) is 0.173. The molecular formula is C17H20N4O4. The molecule has 0 unspecified atom stereocenters. The van der Waals surface area contributed by atoms with Crippen molar-refractivity contribution in [1.82, 2.24) is 14.6 Å². The van der Waals surface area contributed by atoms with Crippen LogP contribution in [0.1, 0.15) is 24.8 Å². The molecule has 0 spiro atoms. The number of rotatable bonds is 4. The van der Waals surface area contributed by atoms with Gasteiger partial charge in [0, 0.05) is 13.1 Å². The number of ether oxygens (including phenoxy) is 1. The van der Waals surface area contributed by atoms with Crippen molar-refractivity contribution in [2.45, 2.75) is 19.3 Å². The molecule has 1 aliphatic rings. The second-order valence-electron chi connectivity index (χ2n) is 5.79. The Kier molecular flexibility index (Phi) is 4.87. The van der Waals surface area contributed by atoms with Gasteiger partial charge in [-0.05, 0) is 43.5 Å². The molecule has 0 bridgehead atoms. The Bertz CT molecular complexity index is 877. The highest BCUT2D eigenvalue weighted by Gasteiger charge is 2.15. The minimum Gasteiger partial charge on any atom is -0.497 e. The number of hydrazone groups is 1. The van der Waals surface area contributed by atoms with Gasteiger partial charge < -0.3 is 9.84 Å². The number of nitrogens with zero attached hydrogens (tertiary/aromatic N) is 3. The van der Waals surface area contributed by atoms with Crippen molar-refractivity contribution in [2.75, 3.05) is 20.2 Å². The molecule has 0 saturated carbocycles. The summed E-state index contributed by atoms with van der Waals surface area (Å²) < 4.78 is 6.11. The van der Waals surface area contributed by atoms with Gasteiger partial charge in [-0.1, -0.05) is 0 Å². The van der Waals surface area contributed by atoms with E-state index in [1.54, 1.807) is 24.3 Å². The lowest BCUT2D eigenvalue weighted by molar-refractivity contribution is 0.240.